The van der Waals surface area contributed by atoms with Crippen molar-refractivity contribution < 1.29 is 9.15 Å². The molecule has 1 aliphatic heterocycles. The van der Waals surface area contributed by atoms with Gasteiger partial charge in [-0.05, 0) is 33.1 Å². The van der Waals surface area contributed by atoms with Crippen molar-refractivity contribution in [2.45, 2.75) is 39.8 Å². The molecule has 1 saturated heterocycles. The second-order valence-electron chi connectivity index (χ2n) is 4.50. The third-order valence-electron chi connectivity index (χ3n) is 3.29. The van der Waals surface area contributed by atoms with E-state index in [9.17, 15) is 0 Å². The maximum absolute atomic E-state index is 5.51. The lowest BCUT2D eigenvalue weighted by Crippen LogP contribution is -2.26. The molecule has 4 heteroatoms. The Bertz CT molecular complexity index is 329. The highest BCUT2D eigenvalue weighted by atomic mass is 16.5. The van der Waals surface area contributed by atoms with Crippen molar-refractivity contribution in [1.82, 2.24) is 10.3 Å². The number of nitrogens with one attached hydrogen (secondary N) is 1. The zero-order valence-corrected chi connectivity index (χ0v) is 10.2. The summed E-state index contributed by atoms with van der Waals surface area (Å²) in [4.78, 5) is 4.33. The molecule has 2 unspecified atom stereocenters. The van der Waals surface area contributed by atoms with Crippen LogP contribution in [-0.4, -0.2) is 24.2 Å². The molecule has 1 N–H and O–H groups in total. The number of rotatable bonds is 4. The minimum Gasteiger partial charge on any atom is -0.444 e. The number of oxazole rings is 1. The molecule has 1 fully saturated rings. The highest BCUT2D eigenvalue weighted by Crippen LogP contribution is 2.19. The van der Waals surface area contributed by atoms with Crippen LogP contribution in [0.5, 0.6) is 0 Å². The Labute approximate surface area is 96.4 Å². The first kappa shape index (κ1) is 11.6. The summed E-state index contributed by atoms with van der Waals surface area (Å²) in [7, 11) is 0. The Morgan fingerprint density at radius 1 is 1.44 bits per heavy atom. The molecule has 0 aromatic carbocycles. The van der Waals surface area contributed by atoms with E-state index >= 15 is 0 Å². The summed E-state index contributed by atoms with van der Waals surface area (Å²) in [6.45, 7) is 8.62. The molecule has 2 heterocycles. The molecule has 0 aliphatic carbocycles. The monoisotopic (exact) mass is 224 g/mol. The SMILES string of the molecule is Cc1nc(CNCC2CCOC2C)oc1C. The van der Waals surface area contributed by atoms with Gasteiger partial charge in [0, 0.05) is 13.2 Å². The van der Waals surface area contributed by atoms with Crippen LogP contribution in [0.2, 0.25) is 0 Å². The molecule has 0 amide bonds. The molecule has 0 radical (unpaired) electrons. The smallest absolute Gasteiger partial charge is 0.208 e. The molecule has 1 aliphatic rings. The van der Waals surface area contributed by atoms with E-state index in [2.05, 4.69) is 17.2 Å². The lowest BCUT2D eigenvalue weighted by Gasteiger charge is -2.13. The zero-order chi connectivity index (χ0) is 11.5. The fraction of sp³-hybridized carbons (Fsp3) is 0.750. The Hall–Kier alpha value is -0.870. The van der Waals surface area contributed by atoms with Gasteiger partial charge in [0.05, 0.1) is 18.3 Å². The number of nitrogens with zero attached hydrogens (tertiary/aromatic N) is 1. The van der Waals surface area contributed by atoms with Crippen LogP contribution >= 0.6 is 0 Å². The standard InChI is InChI=1S/C12H20N2O2/c1-8-9(2)16-12(14-8)7-13-6-11-4-5-15-10(11)3/h10-11,13H,4-7H2,1-3H3. The van der Waals surface area contributed by atoms with Crippen LogP contribution in [0.15, 0.2) is 4.42 Å². The maximum Gasteiger partial charge on any atom is 0.208 e. The first-order valence-corrected chi connectivity index (χ1v) is 5.92. The first-order valence-electron chi connectivity index (χ1n) is 5.92. The minimum atomic E-state index is 0.375. The van der Waals surface area contributed by atoms with Gasteiger partial charge in [0.1, 0.15) is 5.76 Å². The molecule has 1 aromatic heterocycles. The maximum atomic E-state index is 5.51. The molecule has 4 nitrogen and oxygen atoms in total. The second-order valence-corrected chi connectivity index (χ2v) is 4.50. The van der Waals surface area contributed by atoms with E-state index in [0.29, 0.717) is 18.6 Å². The summed E-state index contributed by atoms with van der Waals surface area (Å²) in [5.41, 5.74) is 0.981. The Balaban J connectivity index is 1.75. The fourth-order valence-corrected chi connectivity index (χ4v) is 2.02. The van der Waals surface area contributed by atoms with Gasteiger partial charge in [0.2, 0.25) is 5.89 Å². The highest BCUT2D eigenvalue weighted by molar-refractivity contribution is 5.05. The average molecular weight is 224 g/mol. The van der Waals surface area contributed by atoms with E-state index in [4.69, 9.17) is 9.15 Å². The van der Waals surface area contributed by atoms with Gasteiger partial charge in [0.25, 0.3) is 0 Å². The lowest BCUT2D eigenvalue weighted by molar-refractivity contribution is 0.105. The van der Waals surface area contributed by atoms with Crippen molar-refractivity contribution in [2.24, 2.45) is 5.92 Å². The van der Waals surface area contributed by atoms with Gasteiger partial charge >= 0.3 is 0 Å². The molecule has 90 valence electrons. The molecule has 0 saturated carbocycles. The van der Waals surface area contributed by atoms with E-state index < -0.39 is 0 Å². The van der Waals surface area contributed by atoms with E-state index in [1.165, 1.54) is 0 Å². The van der Waals surface area contributed by atoms with Gasteiger partial charge < -0.3 is 14.5 Å². The van der Waals surface area contributed by atoms with Crippen LogP contribution in [0.4, 0.5) is 0 Å². The van der Waals surface area contributed by atoms with Crippen LogP contribution in [0.1, 0.15) is 30.7 Å². The molecular formula is C12H20N2O2. The summed E-state index contributed by atoms with van der Waals surface area (Å²) in [6.07, 6.45) is 1.53. The summed E-state index contributed by atoms with van der Waals surface area (Å²) in [6, 6.07) is 0. The molecule has 0 bridgehead atoms. The van der Waals surface area contributed by atoms with Gasteiger partial charge in [0.15, 0.2) is 0 Å². The third-order valence-corrected chi connectivity index (χ3v) is 3.29. The summed E-state index contributed by atoms with van der Waals surface area (Å²) < 4.78 is 11.0. The van der Waals surface area contributed by atoms with Crippen LogP contribution in [0, 0.1) is 19.8 Å². The molecule has 0 spiro atoms. The van der Waals surface area contributed by atoms with Gasteiger partial charge in [-0.1, -0.05) is 0 Å². The molecule has 16 heavy (non-hydrogen) atoms. The van der Waals surface area contributed by atoms with Crippen molar-refractivity contribution >= 4 is 0 Å². The van der Waals surface area contributed by atoms with Gasteiger partial charge in [-0.2, -0.15) is 0 Å². The molecule has 2 atom stereocenters. The fourth-order valence-electron chi connectivity index (χ4n) is 2.02. The van der Waals surface area contributed by atoms with Gasteiger partial charge in [-0.15, -0.1) is 0 Å². The molecule has 2 rings (SSSR count). The van der Waals surface area contributed by atoms with Crippen LogP contribution in [-0.2, 0) is 11.3 Å². The largest absolute Gasteiger partial charge is 0.444 e. The third kappa shape index (κ3) is 2.62. The van der Waals surface area contributed by atoms with Crippen molar-refractivity contribution in [3.05, 3.63) is 17.3 Å². The zero-order valence-electron chi connectivity index (χ0n) is 10.2. The summed E-state index contributed by atoms with van der Waals surface area (Å²) in [5.74, 6) is 2.31. The number of aryl methyl sites for hydroxylation is 2. The van der Waals surface area contributed by atoms with Crippen LogP contribution < -0.4 is 5.32 Å². The topological polar surface area (TPSA) is 47.3 Å². The van der Waals surface area contributed by atoms with Crippen molar-refractivity contribution in [2.75, 3.05) is 13.2 Å². The summed E-state index contributed by atoms with van der Waals surface area (Å²) in [5, 5.41) is 3.38. The molecule has 1 aromatic rings. The predicted molar refractivity (Wildman–Crippen MR) is 61.2 cm³/mol. The number of hydrogen-bond donors (Lipinski definition) is 1. The van der Waals surface area contributed by atoms with E-state index in [0.717, 1.165) is 36.9 Å². The number of hydrogen-bond acceptors (Lipinski definition) is 4. The Morgan fingerprint density at radius 2 is 2.25 bits per heavy atom. The Morgan fingerprint density at radius 3 is 2.81 bits per heavy atom. The van der Waals surface area contributed by atoms with E-state index in [1.54, 1.807) is 0 Å². The average Bonchev–Trinajstić information content (AvgIpc) is 2.76. The normalized spacial score (nSPS) is 25.2. The van der Waals surface area contributed by atoms with Gasteiger partial charge in [-0.25, -0.2) is 4.98 Å². The van der Waals surface area contributed by atoms with E-state index in [-0.39, 0.29) is 0 Å². The quantitative estimate of drug-likeness (QED) is 0.847. The summed E-state index contributed by atoms with van der Waals surface area (Å²) >= 11 is 0. The lowest BCUT2D eigenvalue weighted by atomic mass is 10.0. The molecular weight excluding hydrogens is 204 g/mol. The predicted octanol–water partition coefficient (Wildman–Crippen LogP) is 1.81. The van der Waals surface area contributed by atoms with Crippen LogP contribution in [0.3, 0.4) is 0 Å². The van der Waals surface area contributed by atoms with Crippen molar-refractivity contribution in [3.63, 3.8) is 0 Å². The van der Waals surface area contributed by atoms with Crippen molar-refractivity contribution in [1.29, 1.82) is 0 Å². The minimum absolute atomic E-state index is 0.375. The van der Waals surface area contributed by atoms with E-state index in [1.807, 2.05) is 13.8 Å². The number of ether oxygens (including phenoxy) is 1. The van der Waals surface area contributed by atoms with Crippen molar-refractivity contribution in [3.8, 4) is 0 Å². The second kappa shape index (κ2) is 4.97. The Kier molecular flexibility index (Phi) is 3.61. The number of aromatic nitrogens is 1. The first-order chi connectivity index (χ1) is 7.66. The van der Waals surface area contributed by atoms with Crippen LogP contribution in [0.25, 0.3) is 0 Å². The highest BCUT2D eigenvalue weighted by Gasteiger charge is 2.23. The van der Waals surface area contributed by atoms with Gasteiger partial charge in [-0.3, -0.25) is 0 Å².